The van der Waals surface area contributed by atoms with Gasteiger partial charge in [0.1, 0.15) is 5.01 Å². The maximum absolute atomic E-state index is 13.3. The molecule has 1 unspecified atom stereocenters. The van der Waals surface area contributed by atoms with Crippen LogP contribution in [0.1, 0.15) is 44.9 Å². The first-order chi connectivity index (χ1) is 18.9. The minimum Gasteiger partial charge on any atom is -0.464 e. The Morgan fingerprint density at radius 2 is 1.73 bits per heavy atom. The van der Waals surface area contributed by atoms with Crippen LogP contribution in [0.3, 0.4) is 0 Å². The van der Waals surface area contributed by atoms with E-state index in [1.165, 1.54) is 11.3 Å². The molecule has 1 atom stereocenters. The van der Waals surface area contributed by atoms with Gasteiger partial charge in [-0.05, 0) is 76.1 Å². The molecule has 0 N–H and O–H groups in total. The normalized spacial score (nSPS) is 12.8. The van der Waals surface area contributed by atoms with Gasteiger partial charge in [-0.2, -0.15) is 0 Å². The van der Waals surface area contributed by atoms with Gasteiger partial charge in [-0.15, -0.1) is 11.3 Å². The van der Waals surface area contributed by atoms with E-state index in [0.717, 1.165) is 48.6 Å². The fraction of sp³-hybridized carbons (Fsp3) is 0.323. The van der Waals surface area contributed by atoms with Gasteiger partial charge in [0.2, 0.25) is 0 Å². The topological polar surface area (TPSA) is 75.4 Å². The molecule has 2 heterocycles. The second kappa shape index (κ2) is 10.5. The fourth-order valence-electron chi connectivity index (χ4n) is 4.96. The Bertz CT molecular complexity index is 1810. The van der Waals surface area contributed by atoms with E-state index < -0.39 is 17.7 Å². The van der Waals surface area contributed by atoms with E-state index in [9.17, 15) is 9.59 Å². The lowest BCUT2D eigenvalue weighted by atomic mass is 9.91. The third-order valence-electron chi connectivity index (χ3n) is 6.86. The SMILES string of the molecule is CCOC(=O)C(OC(C)(C)C)c1c(C)cc2nc(-c3ccc4c(=O)n(C)n(C)c4c3)sc2c1-c1ccc(Cl)cc1. The smallest absolute Gasteiger partial charge is 0.339 e. The van der Waals surface area contributed by atoms with E-state index in [4.69, 9.17) is 26.1 Å². The average Bonchev–Trinajstić information content (AvgIpc) is 3.41. The third kappa shape index (κ3) is 5.07. The standard InChI is InChI=1S/C31H32ClN3O4S/c1-8-38-30(37)26(39-31(3,4)5)24-17(2)15-22-27(25(24)18-9-12-20(32)13-10-18)40-28(33-22)19-11-14-21-23(16-19)34(6)35(7)29(21)36/h9-16,26H,8H2,1-7H3. The van der Waals surface area contributed by atoms with E-state index in [1.807, 2.05) is 88.0 Å². The van der Waals surface area contributed by atoms with Crippen molar-refractivity contribution < 1.29 is 14.3 Å². The van der Waals surface area contributed by atoms with Crippen LogP contribution in [0.15, 0.2) is 53.3 Å². The number of hydrogen-bond donors (Lipinski definition) is 0. The summed E-state index contributed by atoms with van der Waals surface area (Å²) in [6.45, 7) is 9.77. The lowest BCUT2D eigenvalue weighted by molar-refractivity contribution is -0.166. The maximum atomic E-state index is 13.3. The number of rotatable bonds is 6. The molecule has 40 heavy (non-hydrogen) atoms. The van der Waals surface area contributed by atoms with Crippen LogP contribution in [0.25, 0.3) is 42.8 Å². The second-order valence-electron chi connectivity index (χ2n) is 10.8. The monoisotopic (exact) mass is 577 g/mol. The number of carbonyl (C=O) groups is 1. The van der Waals surface area contributed by atoms with Gasteiger partial charge < -0.3 is 9.47 Å². The minimum absolute atomic E-state index is 0.0394. The van der Waals surface area contributed by atoms with E-state index >= 15 is 0 Å². The van der Waals surface area contributed by atoms with Crippen LogP contribution in [-0.2, 0) is 28.4 Å². The Hall–Kier alpha value is -3.46. The second-order valence-corrected chi connectivity index (χ2v) is 12.2. The van der Waals surface area contributed by atoms with E-state index in [-0.39, 0.29) is 12.2 Å². The predicted molar refractivity (Wildman–Crippen MR) is 162 cm³/mol. The molecule has 5 aromatic rings. The number of thiazole rings is 1. The molecule has 0 aliphatic heterocycles. The molecule has 0 saturated carbocycles. The summed E-state index contributed by atoms with van der Waals surface area (Å²) in [7, 11) is 3.62. The van der Waals surface area contributed by atoms with Crippen LogP contribution in [0.4, 0.5) is 0 Å². The van der Waals surface area contributed by atoms with Gasteiger partial charge in [-0.25, -0.2) is 9.78 Å². The van der Waals surface area contributed by atoms with Crippen LogP contribution in [0.5, 0.6) is 0 Å². The number of aryl methyl sites for hydroxylation is 2. The van der Waals surface area contributed by atoms with Crippen LogP contribution < -0.4 is 5.56 Å². The summed E-state index contributed by atoms with van der Waals surface area (Å²) >= 11 is 7.79. The zero-order valence-corrected chi connectivity index (χ0v) is 25.2. The highest BCUT2D eigenvalue weighted by atomic mass is 35.5. The molecule has 3 aromatic carbocycles. The lowest BCUT2D eigenvalue weighted by Crippen LogP contribution is -2.29. The summed E-state index contributed by atoms with van der Waals surface area (Å²) < 4.78 is 16.2. The molecular weight excluding hydrogens is 546 g/mol. The largest absolute Gasteiger partial charge is 0.464 e. The number of esters is 1. The molecule has 208 valence electrons. The molecule has 0 spiro atoms. The van der Waals surface area contributed by atoms with E-state index in [2.05, 4.69) is 0 Å². The number of halogens is 1. The van der Waals surface area contributed by atoms with Gasteiger partial charge in [-0.3, -0.25) is 14.2 Å². The van der Waals surface area contributed by atoms with Crippen molar-refractivity contribution in [2.45, 2.75) is 46.3 Å². The van der Waals surface area contributed by atoms with Crippen molar-refractivity contribution in [2.24, 2.45) is 14.1 Å². The number of hydrogen-bond acceptors (Lipinski definition) is 6. The zero-order valence-electron chi connectivity index (χ0n) is 23.7. The molecule has 5 rings (SSSR count). The third-order valence-corrected chi connectivity index (χ3v) is 8.25. The molecule has 0 bridgehead atoms. The van der Waals surface area contributed by atoms with Crippen LogP contribution in [0.2, 0.25) is 5.02 Å². The summed E-state index contributed by atoms with van der Waals surface area (Å²) in [5.41, 5.74) is 5.30. The summed E-state index contributed by atoms with van der Waals surface area (Å²) in [6, 6.07) is 15.4. The van der Waals surface area contributed by atoms with Crippen molar-refractivity contribution in [1.82, 2.24) is 14.3 Å². The van der Waals surface area contributed by atoms with Crippen LogP contribution in [0, 0.1) is 6.92 Å². The Labute approximate surface area is 241 Å². The van der Waals surface area contributed by atoms with Gasteiger partial charge in [-0.1, -0.05) is 29.8 Å². The Morgan fingerprint density at radius 1 is 1.05 bits per heavy atom. The fourth-order valence-corrected chi connectivity index (χ4v) is 6.20. The van der Waals surface area contributed by atoms with Crippen molar-refractivity contribution in [3.63, 3.8) is 0 Å². The van der Waals surface area contributed by atoms with Gasteiger partial charge in [0.25, 0.3) is 5.56 Å². The molecule has 9 heteroatoms. The van der Waals surface area contributed by atoms with Crippen LogP contribution in [-0.4, -0.2) is 32.5 Å². The first-order valence-electron chi connectivity index (χ1n) is 13.1. The molecule has 0 aliphatic carbocycles. The summed E-state index contributed by atoms with van der Waals surface area (Å²) in [5, 5.41) is 2.09. The molecule has 0 amide bonds. The highest BCUT2D eigenvalue weighted by Gasteiger charge is 2.33. The number of aromatic nitrogens is 3. The van der Waals surface area contributed by atoms with E-state index in [0.29, 0.717) is 10.4 Å². The molecule has 0 saturated heterocycles. The first kappa shape index (κ1) is 28.1. The molecule has 2 aromatic heterocycles. The number of benzene rings is 3. The Kier molecular flexibility index (Phi) is 7.37. The number of fused-ring (bicyclic) bond motifs is 2. The highest BCUT2D eigenvalue weighted by molar-refractivity contribution is 7.22. The van der Waals surface area contributed by atoms with Crippen molar-refractivity contribution >= 4 is 50.0 Å². The van der Waals surface area contributed by atoms with Crippen molar-refractivity contribution in [2.75, 3.05) is 6.61 Å². The highest BCUT2D eigenvalue weighted by Crippen LogP contribution is 2.44. The van der Waals surface area contributed by atoms with Gasteiger partial charge in [0.15, 0.2) is 6.10 Å². The van der Waals surface area contributed by atoms with Crippen molar-refractivity contribution in [3.05, 3.63) is 75.0 Å². The maximum Gasteiger partial charge on any atom is 0.339 e. The van der Waals surface area contributed by atoms with Crippen molar-refractivity contribution in [1.29, 1.82) is 0 Å². The molecular formula is C31H32ClN3O4S. The number of carbonyl (C=O) groups excluding carboxylic acids is 1. The van der Waals surface area contributed by atoms with Gasteiger partial charge in [0.05, 0.1) is 33.3 Å². The number of nitrogens with zero attached hydrogens (tertiary/aromatic N) is 3. The predicted octanol–water partition coefficient (Wildman–Crippen LogP) is 7.20. The summed E-state index contributed by atoms with van der Waals surface area (Å²) in [5.74, 6) is -0.435. The quantitative estimate of drug-likeness (QED) is 0.199. The minimum atomic E-state index is -0.934. The average molecular weight is 578 g/mol. The number of ether oxygens (including phenoxy) is 2. The zero-order chi connectivity index (χ0) is 28.9. The first-order valence-corrected chi connectivity index (χ1v) is 14.3. The van der Waals surface area contributed by atoms with E-state index in [1.54, 1.807) is 18.7 Å². The Balaban J connectivity index is 1.79. The van der Waals surface area contributed by atoms with Gasteiger partial charge >= 0.3 is 5.97 Å². The summed E-state index contributed by atoms with van der Waals surface area (Å²) in [4.78, 5) is 30.9. The molecule has 0 aliphatic rings. The van der Waals surface area contributed by atoms with Crippen molar-refractivity contribution in [3.8, 4) is 21.7 Å². The Morgan fingerprint density at radius 3 is 2.38 bits per heavy atom. The van der Waals surface area contributed by atoms with Gasteiger partial charge in [0, 0.05) is 35.8 Å². The summed E-state index contributed by atoms with van der Waals surface area (Å²) in [6.07, 6.45) is -0.934. The molecule has 0 radical (unpaired) electrons. The molecule has 7 nitrogen and oxygen atoms in total. The lowest BCUT2D eigenvalue weighted by Gasteiger charge is -2.29. The van der Waals surface area contributed by atoms with Crippen LogP contribution >= 0.6 is 22.9 Å². The molecule has 0 fully saturated rings.